The molecule has 1 aromatic rings. The summed E-state index contributed by atoms with van der Waals surface area (Å²) in [5.41, 5.74) is 2.07. The van der Waals surface area contributed by atoms with Crippen molar-refractivity contribution < 1.29 is 9.59 Å². The number of carbonyl (C=O) groups excluding carboxylic acids is 2. The third kappa shape index (κ3) is 2.94. The molecule has 0 spiro atoms. The second kappa shape index (κ2) is 5.88. The topological polar surface area (TPSA) is 40.6 Å². The number of hydrogen-bond donors (Lipinski definition) is 0. The molecule has 0 saturated carbocycles. The van der Waals surface area contributed by atoms with Gasteiger partial charge in [-0.15, -0.1) is 0 Å². The minimum Gasteiger partial charge on any atom is -0.342 e. The monoisotopic (exact) mass is 286 g/mol. The van der Waals surface area contributed by atoms with Crippen LogP contribution in [0.1, 0.15) is 31.2 Å². The number of piperidine rings is 1. The standard InChI is InChI=1S/C17H22N2O2/c1-13-5-7-15(8-6-13)19-12-14(11-16(19)20)17(21)18-9-3-2-4-10-18/h5-8,14H,2-4,9-12H2,1H3/t14-/m0/s1. The van der Waals surface area contributed by atoms with E-state index < -0.39 is 0 Å². The fraction of sp³-hybridized carbons (Fsp3) is 0.529. The highest BCUT2D eigenvalue weighted by atomic mass is 16.2. The van der Waals surface area contributed by atoms with Crippen LogP contribution in [0, 0.1) is 12.8 Å². The first kappa shape index (κ1) is 14.1. The van der Waals surface area contributed by atoms with Gasteiger partial charge in [-0.2, -0.15) is 0 Å². The Labute approximate surface area is 125 Å². The van der Waals surface area contributed by atoms with Crippen LogP contribution in [0.15, 0.2) is 24.3 Å². The predicted molar refractivity (Wildman–Crippen MR) is 82.1 cm³/mol. The minimum atomic E-state index is -0.170. The molecule has 4 heteroatoms. The number of amides is 2. The molecular weight excluding hydrogens is 264 g/mol. The lowest BCUT2D eigenvalue weighted by Crippen LogP contribution is -2.40. The van der Waals surface area contributed by atoms with Crippen molar-refractivity contribution in [2.24, 2.45) is 5.92 Å². The number of benzene rings is 1. The molecule has 0 aromatic heterocycles. The third-order valence-electron chi connectivity index (χ3n) is 4.49. The van der Waals surface area contributed by atoms with E-state index in [1.165, 1.54) is 12.0 Å². The van der Waals surface area contributed by atoms with Gasteiger partial charge in [0.1, 0.15) is 0 Å². The highest BCUT2D eigenvalue weighted by molar-refractivity contribution is 6.00. The summed E-state index contributed by atoms with van der Waals surface area (Å²) in [6.45, 7) is 4.26. The largest absolute Gasteiger partial charge is 0.342 e. The second-order valence-electron chi connectivity index (χ2n) is 6.13. The van der Waals surface area contributed by atoms with Crippen LogP contribution in [0.25, 0.3) is 0 Å². The maximum Gasteiger partial charge on any atom is 0.228 e. The van der Waals surface area contributed by atoms with Crippen molar-refractivity contribution in [2.45, 2.75) is 32.6 Å². The van der Waals surface area contributed by atoms with Gasteiger partial charge in [-0.25, -0.2) is 0 Å². The summed E-state index contributed by atoms with van der Waals surface area (Å²) in [4.78, 5) is 28.4. The number of nitrogens with zero attached hydrogens (tertiary/aromatic N) is 2. The molecule has 2 heterocycles. The van der Waals surface area contributed by atoms with Crippen molar-refractivity contribution in [1.82, 2.24) is 4.90 Å². The fourth-order valence-electron chi connectivity index (χ4n) is 3.22. The van der Waals surface area contributed by atoms with E-state index in [4.69, 9.17) is 0 Å². The molecule has 2 saturated heterocycles. The molecule has 0 unspecified atom stereocenters. The lowest BCUT2D eigenvalue weighted by molar-refractivity contribution is -0.136. The zero-order valence-electron chi connectivity index (χ0n) is 12.5. The van der Waals surface area contributed by atoms with E-state index in [2.05, 4.69) is 0 Å². The van der Waals surface area contributed by atoms with E-state index in [-0.39, 0.29) is 17.7 Å². The summed E-state index contributed by atoms with van der Waals surface area (Å²) in [7, 11) is 0. The van der Waals surface area contributed by atoms with Gasteiger partial charge in [0.05, 0.1) is 5.92 Å². The number of rotatable bonds is 2. The molecule has 0 aliphatic carbocycles. The number of likely N-dealkylation sites (tertiary alicyclic amines) is 1. The maximum atomic E-state index is 12.5. The Morgan fingerprint density at radius 1 is 1.10 bits per heavy atom. The van der Waals surface area contributed by atoms with Crippen LogP contribution in [0.4, 0.5) is 5.69 Å². The van der Waals surface area contributed by atoms with E-state index >= 15 is 0 Å². The van der Waals surface area contributed by atoms with Crippen LogP contribution < -0.4 is 4.90 Å². The van der Waals surface area contributed by atoms with Crippen molar-refractivity contribution in [3.05, 3.63) is 29.8 Å². The first-order valence-electron chi connectivity index (χ1n) is 7.81. The Morgan fingerprint density at radius 2 is 1.76 bits per heavy atom. The number of aryl methyl sites for hydroxylation is 1. The van der Waals surface area contributed by atoms with Gasteiger partial charge in [-0.3, -0.25) is 9.59 Å². The second-order valence-corrected chi connectivity index (χ2v) is 6.13. The number of hydrogen-bond acceptors (Lipinski definition) is 2. The summed E-state index contributed by atoms with van der Waals surface area (Å²) in [5.74, 6) is 0.0591. The Hall–Kier alpha value is -1.84. The zero-order chi connectivity index (χ0) is 14.8. The SMILES string of the molecule is Cc1ccc(N2C[C@@H](C(=O)N3CCCCC3)CC2=O)cc1. The lowest BCUT2D eigenvalue weighted by atomic mass is 10.0. The van der Waals surface area contributed by atoms with Crippen LogP contribution >= 0.6 is 0 Å². The van der Waals surface area contributed by atoms with Gasteiger partial charge in [0.25, 0.3) is 0 Å². The maximum absolute atomic E-state index is 12.5. The number of anilines is 1. The first-order chi connectivity index (χ1) is 10.1. The average molecular weight is 286 g/mol. The molecule has 2 aliphatic rings. The van der Waals surface area contributed by atoms with Gasteiger partial charge in [0.15, 0.2) is 0 Å². The fourth-order valence-corrected chi connectivity index (χ4v) is 3.22. The van der Waals surface area contributed by atoms with E-state index in [0.717, 1.165) is 31.6 Å². The normalized spacial score (nSPS) is 22.7. The summed E-state index contributed by atoms with van der Waals surface area (Å²) >= 11 is 0. The molecule has 2 amide bonds. The minimum absolute atomic E-state index is 0.0641. The predicted octanol–water partition coefficient (Wildman–Crippen LogP) is 2.36. The van der Waals surface area contributed by atoms with Crippen molar-refractivity contribution in [3.8, 4) is 0 Å². The van der Waals surface area contributed by atoms with E-state index in [1.54, 1.807) is 4.90 Å². The Balaban J connectivity index is 1.69. The molecule has 1 atom stereocenters. The molecule has 0 N–H and O–H groups in total. The van der Waals surface area contributed by atoms with Gasteiger partial charge < -0.3 is 9.80 Å². The van der Waals surface area contributed by atoms with E-state index in [9.17, 15) is 9.59 Å². The Bertz CT molecular complexity index is 532. The summed E-state index contributed by atoms with van der Waals surface area (Å²) in [6.07, 6.45) is 3.74. The molecule has 1 aromatic carbocycles. The summed E-state index contributed by atoms with van der Waals surface area (Å²) in [5, 5.41) is 0. The number of carbonyl (C=O) groups is 2. The highest BCUT2D eigenvalue weighted by Crippen LogP contribution is 2.27. The van der Waals surface area contributed by atoms with Gasteiger partial charge >= 0.3 is 0 Å². The van der Waals surface area contributed by atoms with Gasteiger partial charge in [-0.05, 0) is 38.3 Å². The Morgan fingerprint density at radius 3 is 2.43 bits per heavy atom. The van der Waals surface area contributed by atoms with Crippen LogP contribution in [0.2, 0.25) is 0 Å². The first-order valence-corrected chi connectivity index (χ1v) is 7.81. The van der Waals surface area contributed by atoms with Crippen LogP contribution in [-0.4, -0.2) is 36.3 Å². The molecule has 112 valence electrons. The van der Waals surface area contributed by atoms with Crippen molar-refractivity contribution in [2.75, 3.05) is 24.5 Å². The smallest absolute Gasteiger partial charge is 0.228 e. The lowest BCUT2D eigenvalue weighted by Gasteiger charge is -2.29. The van der Waals surface area contributed by atoms with Crippen LogP contribution in [0.5, 0.6) is 0 Å². The highest BCUT2D eigenvalue weighted by Gasteiger charge is 2.37. The van der Waals surface area contributed by atoms with E-state index in [0.29, 0.717) is 13.0 Å². The third-order valence-corrected chi connectivity index (χ3v) is 4.49. The van der Waals surface area contributed by atoms with Crippen molar-refractivity contribution in [1.29, 1.82) is 0 Å². The van der Waals surface area contributed by atoms with Crippen molar-refractivity contribution in [3.63, 3.8) is 0 Å². The van der Waals surface area contributed by atoms with Crippen LogP contribution in [0.3, 0.4) is 0 Å². The van der Waals surface area contributed by atoms with Crippen LogP contribution in [-0.2, 0) is 9.59 Å². The molecule has 2 fully saturated rings. The quantitative estimate of drug-likeness (QED) is 0.837. The molecule has 0 radical (unpaired) electrons. The zero-order valence-corrected chi connectivity index (χ0v) is 12.5. The molecule has 21 heavy (non-hydrogen) atoms. The van der Waals surface area contributed by atoms with Gasteiger partial charge in [0.2, 0.25) is 11.8 Å². The van der Waals surface area contributed by atoms with Gasteiger partial charge in [0, 0.05) is 31.7 Å². The average Bonchev–Trinajstić information content (AvgIpc) is 2.90. The molecular formula is C17H22N2O2. The Kier molecular flexibility index (Phi) is 3.95. The molecule has 0 bridgehead atoms. The van der Waals surface area contributed by atoms with Crippen molar-refractivity contribution >= 4 is 17.5 Å². The van der Waals surface area contributed by atoms with Gasteiger partial charge in [-0.1, -0.05) is 17.7 Å². The van der Waals surface area contributed by atoms with E-state index in [1.807, 2.05) is 36.1 Å². The molecule has 3 rings (SSSR count). The summed E-state index contributed by atoms with van der Waals surface area (Å²) in [6, 6.07) is 7.92. The molecule has 2 aliphatic heterocycles. The summed E-state index contributed by atoms with van der Waals surface area (Å²) < 4.78 is 0. The molecule has 4 nitrogen and oxygen atoms in total.